The third-order valence-electron chi connectivity index (χ3n) is 5.09. The van der Waals surface area contributed by atoms with Gasteiger partial charge in [0.15, 0.2) is 6.61 Å². The largest absolute Gasteiger partial charge is 0.484 e. The number of alkyl halides is 3. The number of rotatable bonds is 4. The first kappa shape index (κ1) is 18.5. The fourth-order valence-electron chi connectivity index (χ4n) is 3.63. The zero-order valence-electron chi connectivity index (χ0n) is 14.1. The quantitative estimate of drug-likeness (QED) is 0.884. The minimum Gasteiger partial charge on any atom is -0.484 e. The Morgan fingerprint density at radius 3 is 2.46 bits per heavy atom. The fourth-order valence-corrected chi connectivity index (χ4v) is 3.63. The molecule has 0 aromatic heterocycles. The Labute approximate surface area is 148 Å². The average molecular weight is 371 g/mol. The van der Waals surface area contributed by atoms with E-state index in [2.05, 4.69) is 0 Å². The van der Waals surface area contributed by atoms with Crippen molar-refractivity contribution in [2.45, 2.75) is 31.9 Å². The van der Waals surface area contributed by atoms with Crippen molar-refractivity contribution < 1.29 is 32.6 Å². The fraction of sp³-hybridized carbons (Fsp3) is 0.556. The normalized spacial score (nSPS) is 22.8. The number of likely N-dealkylation sites (tertiary alicyclic amines) is 1. The second-order valence-corrected chi connectivity index (χ2v) is 6.82. The van der Waals surface area contributed by atoms with Gasteiger partial charge in [-0.3, -0.25) is 9.59 Å². The van der Waals surface area contributed by atoms with Gasteiger partial charge in [0.2, 0.25) is 0 Å². The summed E-state index contributed by atoms with van der Waals surface area (Å²) in [5.74, 6) is -5.37. The van der Waals surface area contributed by atoms with Crippen LogP contribution in [0.4, 0.5) is 13.2 Å². The lowest BCUT2D eigenvalue weighted by Gasteiger charge is -2.19. The molecule has 3 rings (SSSR count). The van der Waals surface area contributed by atoms with Gasteiger partial charge < -0.3 is 14.7 Å². The van der Waals surface area contributed by atoms with Crippen LogP contribution in [-0.4, -0.2) is 47.8 Å². The molecule has 1 aliphatic heterocycles. The van der Waals surface area contributed by atoms with Crippen molar-refractivity contribution in [3.8, 4) is 5.75 Å². The van der Waals surface area contributed by atoms with Crippen LogP contribution >= 0.6 is 0 Å². The number of aliphatic carboxylic acids is 1. The van der Waals surface area contributed by atoms with Crippen LogP contribution in [0.25, 0.3) is 0 Å². The summed E-state index contributed by atoms with van der Waals surface area (Å²) in [5, 5.41) is 9.00. The highest BCUT2D eigenvalue weighted by Crippen LogP contribution is 2.37. The Balaban J connectivity index is 1.61. The number of carbonyl (C=O) groups is 2. The molecule has 26 heavy (non-hydrogen) atoms. The minimum atomic E-state index is -4.66. The Hall–Kier alpha value is -2.25. The Kier molecular flexibility index (Phi) is 5.11. The van der Waals surface area contributed by atoms with Gasteiger partial charge in [-0.25, -0.2) is 0 Å². The van der Waals surface area contributed by atoms with Crippen molar-refractivity contribution in [3.05, 3.63) is 29.3 Å². The molecule has 1 saturated heterocycles. The van der Waals surface area contributed by atoms with Crippen molar-refractivity contribution >= 4 is 11.9 Å². The van der Waals surface area contributed by atoms with Crippen LogP contribution in [0.1, 0.15) is 24.0 Å². The first-order valence-electron chi connectivity index (χ1n) is 8.57. The van der Waals surface area contributed by atoms with E-state index in [-0.39, 0.29) is 0 Å². The lowest BCUT2D eigenvalue weighted by Crippen LogP contribution is -2.35. The highest BCUT2D eigenvalue weighted by atomic mass is 19.4. The first-order valence-corrected chi connectivity index (χ1v) is 8.57. The summed E-state index contributed by atoms with van der Waals surface area (Å²) >= 11 is 0. The number of halogens is 3. The SMILES string of the molecule is O=C(O)[C@@H]1CN(C(=O)COc2ccc3c(c2)CCCC3)C[C@H]1C(F)(F)F. The van der Waals surface area contributed by atoms with Crippen molar-refractivity contribution in [1.29, 1.82) is 0 Å². The van der Waals surface area contributed by atoms with Gasteiger partial charge in [0.1, 0.15) is 5.75 Å². The van der Waals surface area contributed by atoms with Gasteiger partial charge in [-0.1, -0.05) is 6.07 Å². The number of aryl methyl sites for hydroxylation is 2. The number of hydrogen-bond donors (Lipinski definition) is 1. The van der Waals surface area contributed by atoms with Crippen molar-refractivity contribution in [2.75, 3.05) is 19.7 Å². The van der Waals surface area contributed by atoms with Gasteiger partial charge in [-0.2, -0.15) is 13.2 Å². The van der Waals surface area contributed by atoms with E-state index >= 15 is 0 Å². The summed E-state index contributed by atoms with van der Waals surface area (Å²) in [6, 6.07) is 5.56. The summed E-state index contributed by atoms with van der Waals surface area (Å²) < 4.78 is 44.4. The number of carboxylic acid groups (broad SMARTS) is 1. The summed E-state index contributed by atoms with van der Waals surface area (Å²) in [6.45, 7) is -1.51. The Morgan fingerprint density at radius 2 is 1.85 bits per heavy atom. The number of ether oxygens (including phenoxy) is 1. The predicted molar refractivity (Wildman–Crippen MR) is 85.8 cm³/mol. The lowest BCUT2D eigenvalue weighted by atomic mass is 9.92. The summed E-state index contributed by atoms with van der Waals surface area (Å²) in [5.41, 5.74) is 2.43. The molecule has 8 heteroatoms. The topological polar surface area (TPSA) is 66.8 Å². The standard InChI is InChI=1S/C18H20F3NO4/c19-18(20,21)15-9-22(8-14(15)17(24)25)16(23)10-26-13-6-5-11-3-1-2-4-12(11)7-13/h5-7,14-15H,1-4,8-10H2,(H,24,25)/t14-,15-/m1/s1. The van der Waals surface area contributed by atoms with E-state index in [4.69, 9.17) is 9.84 Å². The number of benzene rings is 1. The van der Waals surface area contributed by atoms with E-state index in [9.17, 15) is 22.8 Å². The smallest absolute Gasteiger partial charge is 0.394 e. The molecular weight excluding hydrogens is 351 g/mol. The summed E-state index contributed by atoms with van der Waals surface area (Å²) in [4.78, 5) is 24.2. The molecule has 1 amide bonds. The van der Waals surface area contributed by atoms with Crippen LogP contribution in [0.15, 0.2) is 18.2 Å². The summed E-state index contributed by atoms with van der Waals surface area (Å²) in [6.07, 6.45) is -0.459. The molecule has 1 heterocycles. The third-order valence-corrected chi connectivity index (χ3v) is 5.09. The van der Waals surface area contributed by atoms with Crippen LogP contribution in [0.3, 0.4) is 0 Å². The minimum absolute atomic E-state index is 0.407. The Bertz CT molecular complexity index is 704. The van der Waals surface area contributed by atoms with Gasteiger partial charge >= 0.3 is 12.1 Å². The maximum Gasteiger partial charge on any atom is 0.394 e. The van der Waals surface area contributed by atoms with Crippen molar-refractivity contribution in [3.63, 3.8) is 0 Å². The lowest BCUT2D eigenvalue weighted by molar-refractivity contribution is -0.188. The molecule has 1 N–H and O–H groups in total. The van der Waals surface area contributed by atoms with Crippen LogP contribution in [0.5, 0.6) is 5.75 Å². The van der Waals surface area contributed by atoms with Gasteiger partial charge in [0.05, 0.1) is 11.8 Å². The predicted octanol–water partition coefficient (Wildman–Crippen LogP) is 2.67. The van der Waals surface area contributed by atoms with Crippen LogP contribution in [-0.2, 0) is 22.4 Å². The molecule has 2 aliphatic rings. The molecule has 5 nitrogen and oxygen atoms in total. The molecular formula is C18H20F3NO4. The molecule has 2 atom stereocenters. The van der Waals surface area contributed by atoms with Crippen LogP contribution in [0.2, 0.25) is 0 Å². The van der Waals surface area contributed by atoms with Crippen molar-refractivity contribution in [2.24, 2.45) is 11.8 Å². The van der Waals surface area contributed by atoms with E-state index in [0.717, 1.165) is 30.6 Å². The number of amides is 1. The van der Waals surface area contributed by atoms with E-state index < -0.39 is 49.6 Å². The molecule has 0 unspecified atom stereocenters. The molecule has 0 spiro atoms. The third kappa shape index (κ3) is 3.94. The van der Waals surface area contributed by atoms with Gasteiger partial charge in [-0.15, -0.1) is 0 Å². The number of carboxylic acids is 1. The number of hydrogen-bond acceptors (Lipinski definition) is 3. The zero-order chi connectivity index (χ0) is 18.9. The van der Waals surface area contributed by atoms with E-state index in [0.29, 0.717) is 5.75 Å². The molecule has 1 aliphatic carbocycles. The Morgan fingerprint density at radius 1 is 1.15 bits per heavy atom. The van der Waals surface area contributed by atoms with Gasteiger partial charge in [-0.05, 0) is 48.9 Å². The summed E-state index contributed by atoms with van der Waals surface area (Å²) in [7, 11) is 0. The number of fused-ring (bicyclic) bond motifs is 1. The zero-order valence-corrected chi connectivity index (χ0v) is 14.1. The van der Waals surface area contributed by atoms with E-state index in [1.54, 1.807) is 6.07 Å². The highest BCUT2D eigenvalue weighted by Gasteiger charge is 2.53. The number of carbonyl (C=O) groups excluding carboxylic acids is 1. The van der Waals surface area contributed by atoms with Crippen LogP contribution < -0.4 is 4.74 Å². The maximum absolute atomic E-state index is 13.0. The first-order chi connectivity index (χ1) is 12.3. The van der Waals surface area contributed by atoms with E-state index in [1.807, 2.05) is 12.1 Å². The second kappa shape index (κ2) is 7.17. The molecule has 1 fully saturated rings. The van der Waals surface area contributed by atoms with Crippen molar-refractivity contribution in [1.82, 2.24) is 4.90 Å². The number of nitrogens with zero attached hydrogens (tertiary/aromatic N) is 1. The van der Waals surface area contributed by atoms with E-state index in [1.165, 1.54) is 11.1 Å². The molecule has 1 aromatic rings. The molecule has 0 saturated carbocycles. The monoisotopic (exact) mass is 371 g/mol. The highest BCUT2D eigenvalue weighted by molar-refractivity contribution is 5.80. The van der Waals surface area contributed by atoms with Crippen LogP contribution in [0, 0.1) is 11.8 Å². The van der Waals surface area contributed by atoms with Gasteiger partial charge in [0.25, 0.3) is 5.91 Å². The molecule has 0 bridgehead atoms. The molecule has 142 valence electrons. The molecule has 0 radical (unpaired) electrons. The maximum atomic E-state index is 13.0. The average Bonchev–Trinajstić information content (AvgIpc) is 3.05. The van der Waals surface area contributed by atoms with Gasteiger partial charge in [0, 0.05) is 13.1 Å². The second-order valence-electron chi connectivity index (χ2n) is 6.82. The molecule has 1 aromatic carbocycles.